The lowest BCUT2D eigenvalue weighted by Gasteiger charge is -2.12. The predicted molar refractivity (Wildman–Crippen MR) is 178 cm³/mol. The molecule has 0 saturated heterocycles. The molecule has 11 heteroatoms. The smallest absolute Gasteiger partial charge is 0.0717 e. The van der Waals surface area contributed by atoms with Crippen LogP contribution in [0.3, 0.4) is 0 Å². The van der Waals surface area contributed by atoms with Crippen molar-refractivity contribution in [1.29, 1.82) is 0 Å². The van der Waals surface area contributed by atoms with Gasteiger partial charge in [-0.05, 0) is 47.7 Å². The Labute approximate surface area is 249 Å². The molecule has 3 aromatic heterocycles. The summed E-state index contributed by atoms with van der Waals surface area (Å²) in [4.78, 5) is 2.71. The van der Waals surface area contributed by atoms with Crippen LogP contribution < -0.4 is 0 Å². The Hall–Kier alpha value is 0.700. The average molecular weight is 644 g/mol. The molecular formula is C24H21NS10. The first-order valence-corrected chi connectivity index (χ1v) is 20.1. The SMILES string of the molecule is CSC1=C(SCCCn2c(-c3cccs3)ccc2-c2cccs2)SC(=C2SC3=C(SCCS3)S2)S1. The van der Waals surface area contributed by atoms with Crippen LogP contribution in [0.5, 0.6) is 0 Å². The maximum atomic E-state index is 2.53. The fraction of sp³-hybridized carbons (Fsp3) is 0.250. The third kappa shape index (κ3) is 5.84. The number of thioether (sulfide) groups is 8. The van der Waals surface area contributed by atoms with E-state index >= 15 is 0 Å². The third-order valence-corrected chi connectivity index (χ3v) is 18.8. The first kappa shape index (κ1) is 26.0. The lowest BCUT2D eigenvalue weighted by Crippen LogP contribution is -2.02. The van der Waals surface area contributed by atoms with Gasteiger partial charge in [0.15, 0.2) is 0 Å². The molecule has 182 valence electrons. The molecule has 3 aromatic rings. The molecule has 0 aromatic carbocycles. The largest absolute Gasteiger partial charge is 0.339 e. The van der Waals surface area contributed by atoms with Gasteiger partial charge in [0.2, 0.25) is 0 Å². The summed E-state index contributed by atoms with van der Waals surface area (Å²) in [6.07, 6.45) is 3.38. The van der Waals surface area contributed by atoms with Gasteiger partial charge >= 0.3 is 0 Å². The van der Waals surface area contributed by atoms with Crippen molar-refractivity contribution in [2.75, 3.05) is 23.5 Å². The zero-order chi connectivity index (χ0) is 23.6. The van der Waals surface area contributed by atoms with Crippen LogP contribution in [-0.2, 0) is 6.54 Å². The van der Waals surface area contributed by atoms with Crippen molar-refractivity contribution < 1.29 is 0 Å². The Morgan fingerprint density at radius 2 is 1.34 bits per heavy atom. The van der Waals surface area contributed by atoms with Crippen LogP contribution in [-0.4, -0.2) is 28.1 Å². The fourth-order valence-electron chi connectivity index (χ4n) is 3.75. The van der Waals surface area contributed by atoms with E-state index in [-0.39, 0.29) is 0 Å². The summed E-state index contributed by atoms with van der Waals surface area (Å²) in [6.45, 7) is 1.05. The maximum Gasteiger partial charge on any atom is 0.0717 e. The van der Waals surface area contributed by atoms with Gasteiger partial charge in [0, 0.05) is 23.8 Å². The quantitative estimate of drug-likeness (QED) is 0.221. The number of nitrogens with zero attached hydrogens (tertiary/aromatic N) is 1. The van der Waals surface area contributed by atoms with Gasteiger partial charge < -0.3 is 4.57 Å². The fourth-order valence-corrected chi connectivity index (χ4v) is 16.9. The van der Waals surface area contributed by atoms with Crippen LogP contribution in [0, 0.1) is 0 Å². The minimum absolute atomic E-state index is 1.05. The van der Waals surface area contributed by atoms with Crippen molar-refractivity contribution in [3.05, 3.63) is 72.6 Å². The van der Waals surface area contributed by atoms with Crippen molar-refractivity contribution in [3.63, 3.8) is 0 Å². The molecular weight excluding hydrogens is 623 g/mol. The summed E-state index contributed by atoms with van der Waals surface area (Å²) >= 11 is 19.7. The molecule has 35 heavy (non-hydrogen) atoms. The van der Waals surface area contributed by atoms with Crippen molar-refractivity contribution in [2.45, 2.75) is 13.0 Å². The van der Waals surface area contributed by atoms with E-state index < -0.39 is 0 Å². The molecule has 0 aliphatic carbocycles. The molecule has 6 heterocycles. The highest BCUT2D eigenvalue weighted by atomic mass is 32.3. The third-order valence-electron chi connectivity index (χ3n) is 5.26. The normalized spacial score (nSPS) is 18.3. The zero-order valence-electron chi connectivity index (χ0n) is 18.7. The molecule has 0 saturated carbocycles. The Morgan fingerprint density at radius 1 is 0.743 bits per heavy atom. The Morgan fingerprint density at radius 3 is 1.91 bits per heavy atom. The second kappa shape index (κ2) is 12.3. The van der Waals surface area contributed by atoms with Gasteiger partial charge in [-0.3, -0.25) is 0 Å². The minimum Gasteiger partial charge on any atom is -0.339 e. The summed E-state index contributed by atoms with van der Waals surface area (Å²) in [7, 11) is 0. The summed E-state index contributed by atoms with van der Waals surface area (Å²) < 4.78 is 11.6. The molecule has 0 bridgehead atoms. The number of hydrogen-bond acceptors (Lipinski definition) is 10. The monoisotopic (exact) mass is 643 g/mol. The van der Waals surface area contributed by atoms with Gasteiger partial charge in [-0.2, -0.15) is 0 Å². The van der Waals surface area contributed by atoms with E-state index in [0.29, 0.717) is 0 Å². The van der Waals surface area contributed by atoms with Crippen molar-refractivity contribution >= 4 is 117 Å². The van der Waals surface area contributed by atoms with E-state index in [1.807, 2.05) is 117 Å². The van der Waals surface area contributed by atoms with E-state index in [0.717, 1.165) is 18.7 Å². The lowest BCUT2D eigenvalue weighted by molar-refractivity contribution is 0.702. The van der Waals surface area contributed by atoms with Gasteiger partial charge in [-0.25, -0.2) is 0 Å². The maximum absolute atomic E-state index is 2.53. The van der Waals surface area contributed by atoms with Crippen LogP contribution in [0.25, 0.3) is 21.1 Å². The summed E-state index contributed by atoms with van der Waals surface area (Å²) in [5.74, 6) is 3.64. The second-order valence-corrected chi connectivity index (χ2v) is 19.1. The van der Waals surface area contributed by atoms with Gasteiger partial charge in [0.1, 0.15) is 0 Å². The summed E-state index contributed by atoms with van der Waals surface area (Å²) in [5, 5.41) is 4.35. The van der Waals surface area contributed by atoms with Gasteiger partial charge in [-0.1, -0.05) is 59.2 Å². The molecule has 0 fully saturated rings. The number of thiophene rings is 2. The standard InChI is InChI=1S/C24H21NS10/c1-26-19-20(33-23(32-19)24-34-21-22(35-24)31-14-13-30-21)29-12-4-9-25-15(17-5-2-10-27-17)7-8-16(25)18-6-3-11-28-18/h2-3,5-8,10-11H,4,9,12-14H2,1H3. The van der Waals surface area contributed by atoms with Crippen LogP contribution in [0.15, 0.2) is 72.6 Å². The zero-order valence-corrected chi connectivity index (χ0v) is 26.8. The average Bonchev–Trinajstić information content (AvgIpc) is 3.71. The molecule has 0 amide bonds. The molecule has 3 aliphatic rings. The van der Waals surface area contributed by atoms with E-state index in [1.165, 1.54) is 58.1 Å². The lowest BCUT2D eigenvalue weighted by atomic mass is 10.3. The Balaban J connectivity index is 1.11. The first-order chi connectivity index (χ1) is 17.3. The van der Waals surface area contributed by atoms with Crippen molar-refractivity contribution in [2.24, 2.45) is 0 Å². The van der Waals surface area contributed by atoms with Crippen LogP contribution in [0.2, 0.25) is 0 Å². The highest BCUT2D eigenvalue weighted by molar-refractivity contribution is 8.45. The van der Waals surface area contributed by atoms with Gasteiger partial charge in [0.25, 0.3) is 0 Å². The van der Waals surface area contributed by atoms with Crippen molar-refractivity contribution in [3.8, 4) is 21.1 Å². The van der Waals surface area contributed by atoms with Crippen LogP contribution in [0.4, 0.5) is 0 Å². The highest BCUT2D eigenvalue weighted by Crippen LogP contribution is 2.66. The van der Waals surface area contributed by atoms with E-state index in [4.69, 9.17) is 0 Å². The van der Waals surface area contributed by atoms with E-state index in [9.17, 15) is 0 Å². The molecule has 0 atom stereocenters. The number of hydrogen-bond donors (Lipinski definition) is 0. The topological polar surface area (TPSA) is 4.93 Å². The number of rotatable bonds is 8. The first-order valence-electron chi connectivity index (χ1n) is 10.9. The Bertz CT molecular complexity index is 1210. The molecule has 3 aliphatic heterocycles. The predicted octanol–water partition coefficient (Wildman–Crippen LogP) is 11.3. The summed E-state index contributed by atoms with van der Waals surface area (Å²) in [5.41, 5.74) is 2.69. The van der Waals surface area contributed by atoms with E-state index in [1.54, 1.807) is 0 Å². The minimum atomic E-state index is 1.05. The molecule has 0 N–H and O–H groups in total. The summed E-state index contributed by atoms with van der Waals surface area (Å²) in [6, 6.07) is 13.4. The number of aromatic nitrogens is 1. The molecule has 6 rings (SSSR count). The van der Waals surface area contributed by atoms with Gasteiger partial charge in [-0.15, -0.1) is 69.7 Å². The molecule has 0 radical (unpaired) electrons. The molecule has 0 spiro atoms. The van der Waals surface area contributed by atoms with Crippen LogP contribution in [0.1, 0.15) is 6.42 Å². The highest BCUT2D eigenvalue weighted by Gasteiger charge is 2.31. The molecule has 1 nitrogen and oxygen atoms in total. The van der Waals surface area contributed by atoms with Gasteiger partial charge in [0.05, 0.1) is 46.6 Å². The van der Waals surface area contributed by atoms with E-state index in [2.05, 4.69) is 58.0 Å². The second-order valence-electron chi connectivity index (χ2n) is 7.45. The Kier molecular flexibility index (Phi) is 9.09. The van der Waals surface area contributed by atoms with Crippen molar-refractivity contribution in [1.82, 2.24) is 4.57 Å². The molecule has 0 unspecified atom stereocenters. The van der Waals surface area contributed by atoms with Crippen LogP contribution >= 0.6 is 117 Å².